The maximum Gasteiger partial charge on any atom is 0.191 e. The van der Waals surface area contributed by atoms with Crippen LogP contribution in [-0.2, 0) is 19.6 Å². The number of aliphatic hydroxyl groups excluding tert-OH is 1. The third-order valence-electron chi connectivity index (χ3n) is 3.66. The molecule has 0 spiro atoms. The summed E-state index contributed by atoms with van der Waals surface area (Å²) >= 11 is 5.88. The zero-order chi connectivity index (χ0) is 18.1. The van der Waals surface area contributed by atoms with Crippen LogP contribution < -0.4 is 10.6 Å². The van der Waals surface area contributed by atoms with Crippen molar-refractivity contribution in [3.8, 4) is 0 Å². The Hall–Kier alpha value is -2.11. The zero-order valence-corrected chi connectivity index (χ0v) is 15.0. The maximum atomic E-state index is 13.4. The molecule has 0 bridgehead atoms. The molecule has 6 heteroatoms. The molecule has 134 valence electrons. The fourth-order valence-corrected chi connectivity index (χ4v) is 2.46. The van der Waals surface area contributed by atoms with E-state index in [2.05, 4.69) is 15.6 Å². The van der Waals surface area contributed by atoms with Crippen LogP contribution in [0.2, 0.25) is 5.02 Å². The lowest BCUT2D eigenvalue weighted by atomic mass is 10.1. The summed E-state index contributed by atoms with van der Waals surface area (Å²) in [7, 11) is 0. The smallest absolute Gasteiger partial charge is 0.191 e. The minimum Gasteiger partial charge on any atom is -0.392 e. The van der Waals surface area contributed by atoms with Crippen molar-refractivity contribution in [1.29, 1.82) is 0 Å². The Morgan fingerprint density at radius 3 is 2.52 bits per heavy atom. The lowest BCUT2D eigenvalue weighted by Crippen LogP contribution is -2.38. The Morgan fingerprint density at radius 2 is 1.84 bits per heavy atom. The second-order valence-electron chi connectivity index (χ2n) is 5.58. The van der Waals surface area contributed by atoms with E-state index in [4.69, 9.17) is 16.7 Å². The van der Waals surface area contributed by atoms with Crippen molar-refractivity contribution in [2.45, 2.75) is 26.5 Å². The first-order valence-corrected chi connectivity index (χ1v) is 8.65. The normalized spacial score (nSPS) is 11.4. The van der Waals surface area contributed by atoms with E-state index in [-0.39, 0.29) is 12.2 Å². The molecule has 2 aromatic rings. The molecule has 0 saturated heterocycles. The SMILES string of the molecule is CCNC(=NCc1ccc(F)c(CO)c1)NCCc1ccc(Cl)cc1. The molecule has 0 heterocycles. The number of hydrogen-bond acceptors (Lipinski definition) is 2. The molecule has 0 aliphatic heterocycles. The standard InChI is InChI=1S/C19H23ClFN3O/c1-2-22-19(23-10-9-14-3-6-17(20)7-4-14)24-12-15-5-8-18(21)16(11-15)13-25/h3-8,11,25H,2,9-10,12-13H2,1H3,(H2,22,23,24). The zero-order valence-electron chi connectivity index (χ0n) is 14.2. The summed E-state index contributed by atoms with van der Waals surface area (Å²) < 4.78 is 13.4. The third kappa shape index (κ3) is 6.36. The molecule has 0 unspecified atom stereocenters. The summed E-state index contributed by atoms with van der Waals surface area (Å²) in [6.45, 7) is 3.57. The monoisotopic (exact) mass is 363 g/mol. The van der Waals surface area contributed by atoms with Gasteiger partial charge in [-0.1, -0.05) is 29.8 Å². The van der Waals surface area contributed by atoms with E-state index < -0.39 is 5.82 Å². The molecule has 0 atom stereocenters. The quantitative estimate of drug-likeness (QED) is 0.522. The van der Waals surface area contributed by atoms with Gasteiger partial charge in [-0.05, 0) is 48.7 Å². The first-order chi connectivity index (χ1) is 12.1. The number of aliphatic hydroxyl groups is 1. The summed E-state index contributed by atoms with van der Waals surface area (Å²) in [6, 6.07) is 12.4. The molecule has 4 nitrogen and oxygen atoms in total. The van der Waals surface area contributed by atoms with Crippen LogP contribution in [0.3, 0.4) is 0 Å². The summed E-state index contributed by atoms with van der Waals surface area (Å²) in [4.78, 5) is 4.50. The number of aliphatic imine (C=N–C) groups is 1. The average molecular weight is 364 g/mol. The highest BCUT2D eigenvalue weighted by Crippen LogP contribution is 2.12. The lowest BCUT2D eigenvalue weighted by molar-refractivity contribution is 0.275. The number of nitrogens with zero attached hydrogens (tertiary/aromatic N) is 1. The Kier molecular flexibility index (Phi) is 7.70. The van der Waals surface area contributed by atoms with Gasteiger partial charge >= 0.3 is 0 Å². The van der Waals surface area contributed by atoms with Crippen LogP contribution in [0.1, 0.15) is 23.6 Å². The van der Waals surface area contributed by atoms with Gasteiger partial charge in [0.15, 0.2) is 5.96 Å². The molecular weight excluding hydrogens is 341 g/mol. The first kappa shape index (κ1) is 19.2. The van der Waals surface area contributed by atoms with E-state index in [0.717, 1.165) is 30.1 Å². The van der Waals surface area contributed by atoms with Gasteiger partial charge in [-0.15, -0.1) is 0 Å². The van der Waals surface area contributed by atoms with Crippen LogP contribution in [0.25, 0.3) is 0 Å². The number of benzene rings is 2. The second-order valence-corrected chi connectivity index (χ2v) is 6.02. The molecule has 3 N–H and O–H groups in total. The lowest BCUT2D eigenvalue weighted by Gasteiger charge is -2.11. The van der Waals surface area contributed by atoms with Crippen LogP contribution in [0, 0.1) is 5.82 Å². The molecule has 2 rings (SSSR count). The van der Waals surface area contributed by atoms with Crippen molar-refractivity contribution in [3.05, 3.63) is 70.0 Å². The summed E-state index contributed by atoms with van der Waals surface area (Å²) in [5.74, 6) is 0.301. The highest BCUT2D eigenvalue weighted by atomic mass is 35.5. The highest BCUT2D eigenvalue weighted by molar-refractivity contribution is 6.30. The molecule has 0 saturated carbocycles. The fourth-order valence-electron chi connectivity index (χ4n) is 2.34. The Morgan fingerprint density at radius 1 is 1.12 bits per heavy atom. The van der Waals surface area contributed by atoms with Crippen LogP contribution in [-0.4, -0.2) is 24.2 Å². The summed E-state index contributed by atoms with van der Waals surface area (Å²) in [6.07, 6.45) is 0.854. The fraction of sp³-hybridized carbons (Fsp3) is 0.316. The molecular formula is C19H23ClFN3O. The number of rotatable bonds is 7. The van der Waals surface area contributed by atoms with Gasteiger partial charge in [-0.3, -0.25) is 0 Å². The molecule has 0 amide bonds. The van der Waals surface area contributed by atoms with E-state index in [0.29, 0.717) is 12.5 Å². The van der Waals surface area contributed by atoms with Crippen LogP contribution in [0.5, 0.6) is 0 Å². The van der Waals surface area contributed by atoms with Crippen LogP contribution in [0.4, 0.5) is 4.39 Å². The molecule has 2 aromatic carbocycles. The predicted octanol–water partition coefficient (Wildman–Crippen LogP) is 3.27. The van der Waals surface area contributed by atoms with Gasteiger partial charge in [0.1, 0.15) is 5.82 Å². The Labute approximate surface area is 152 Å². The average Bonchev–Trinajstić information content (AvgIpc) is 2.62. The second kappa shape index (κ2) is 10.0. The van der Waals surface area contributed by atoms with Gasteiger partial charge in [-0.25, -0.2) is 9.38 Å². The Balaban J connectivity index is 1.92. The molecule has 0 aromatic heterocycles. The van der Waals surface area contributed by atoms with Gasteiger partial charge in [0.05, 0.1) is 13.2 Å². The topological polar surface area (TPSA) is 56.7 Å². The molecule has 0 aliphatic rings. The van der Waals surface area contributed by atoms with Crippen molar-refractivity contribution in [1.82, 2.24) is 10.6 Å². The van der Waals surface area contributed by atoms with Gasteiger partial charge in [0.2, 0.25) is 0 Å². The predicted molar refractivity (Wildman–Crippen MR) is 100 cm³/mol. The van der Waals surface area contributed by atoms with Gasteiger partial charge in [0, 0.05) is 23.7 Å². The van der Waals surface area contributed by atoms with Crippen molar-refractivity contribution < 1.29 is 9.50 Å². The van der Waals surface area contributed by atoms with Gasteiger partial charge in [-0.2, -0.15) is 0 Å². The van der Waals surface area contributed by atoms with E-state index in [1.807, 2.05) is 31.2 Å². The van der Waals surface area contributed by atoms with Gasteiger partial charge < -0.3 is 15.7 Å². The van der Waals surface area contributed by atoms with Crippen molar-refractivity contribution >= 4 is 17.6 Å². The summed E-state index contributed by atoms with van der Waals surface area (Å²) in [5, 5.41) is 16.3. The minimum absolute atomic E-state index is 0.286. The number of hydrogen-bond donors (Lipinski definition) is 3. The van der Waals surface area contributed by atoms with Crippen molar-refractivity contribution in [2.75, 3.05) is 13.1 Å². The van der Waals surface area contributed by atoms with E-state index in [1.165, 1.54) is 11.6 Å². The largest absolute Gasteiger partial charge is 0.392 e. The molecule has 0 fully saturated rings. The molecule has 0 aliphatic carbocycles. The Bertz CT molecular complexity index is 704. The molecule has 0 radical (unpaired) electrons. The van der Waals surface area contributed by atoms with Crippen molar-refractivity contribution in [2.24, 2.45) is 4.99 Å². The molecule has 25 heavy (non-hydrogen) atoms. The summed E-state index contributed by atoms with van der Waals surface area (Å²) in [5.41, 5.74) is 2.33. The number of nitrogens with one attached hydrogen (secondary N) is 2. The number of halogens is 2. The van der Waals surface area contributed by atoms with Crippen LogP contribution in [0.15, 0.2) is 47.5 Å². The maximum absolute atomic E-state index is 13.4. The third-order valence-corrected chi connectivity index (χ3v) is 3.92. The van der Waals surface area contributed by atoms with E-state index in [9.17, 15) is 4.39 Å². The first-order valence-electron chi connectivity index (χ1n) is 8.27. The van der Waals surface area contributed by atoms with Crippen LogP contribution >= 0.6 is 11.6 Å². The van der Waals surface area contributed by atoms with Gasteiger partial charge in [0.25, 0.3) is 0 Å². The highest BCUT2D eigenvalue weighted by Gasteiger charge is 2.03. The number of guanidine groups is 1. The minimum atomic E-state index is -0.400. The van der Waals surface area contributed by atoms with E-state index >= 15 is 0 Å². The van der Waals surface area contributed by atoms with E-state index in [1.54, 1.807) is 12.1 Å². The van der Waals surface area contributed by atoms with Crippen molar-refractivity contribution in [3.63, 3.8) is 0 Å².